The van der Waals surface area contributed by atoms with Crippen molar-refractivity contribution in [3.63, 3.8) is 0 Å². The van der Waals surface area contributed by atoms with Gasteiger partial charge in [0.2, 0.25) is 0 Å². The molecule has 0 aliphatic carbocycles. The molecule has 0 saturated carbocycles. The number of ether oxygens (including phenoxy) is 1. The van der Waals surface area contributed by atoms with Crippen LogP contribution in [0.2, 0.25) is 0 Å². The van der Waals surface area contributed by atoms with Crippen LogP contribution in [0.4, 0.5) is 0 Å². The molecule has 0 atom stereocenters. The van der Waals surface area contributed by atoms with Crippen molar-refractivity contribution < 1.29 is 9.84 Å². The van der Waals surface area contributed by atoms with Crippen molar-refractivity contribution in [1.82, 2.24) is 9.97 Å². The summed E-state index contributed by atoms with van der Waals surface area (Å²) in [7, 11) is 0. The van der Waals surface area contributed by atoms with Gasteiger partial charge in [0, 0.05) is 18.0 Å². The van der Waals surface area contributed by atoms with E-state index >= 15 is 0 Å². The van der Waals surface area contributed by atoms with E-state index in [0.29, 0.717) is 11.6 Å². The van der Waals surface area contributed by atoms with E-state index in [1.54, 1.807) is 12.4 Å². The smallest absolute Gasteiger partial charge is 0.321 e. The van der Waals surface area contributed by atoms with Crippen LogP contribution in [0.25, 0.3) is 0 Å². The van der Waals surface area contributed by atoms with Gasteiger partial charge in [-0.1, -0.05) is 12.1 Å². The second-order valence-electron chi connectivity index (χ2n) is 4.29. The first-order valence-electron chi connectivity index (χ1n) is 5.78. The molecule has 0 fully saturated rings. The molecule has 0 amide bonds. The van der Waals surface area contributed by atoms with Gasteiger partial charge < -0.3 is 9.84 Å². The summed E-state index contributed by atoms with van der Waals surface area (Å²) in [6, 6.07) is 4.37. The molecule has 0 aliphatic rings. The second-order valence-corrected chi connectivity index (χ2v) is 4.29. The largest absolute Gasteiger partial charge is 0.424 e. The van der Waals surface area contributed by atoms with Gasteiger partial charge in [0.05, 0.1) is 6.61 Å². The molecule has 1 aromatic heterocycles. The van der Waals surface area contributed by atoms with Crippen LogP contribution in [0.1, 0.15) is 22.3 Å². The first-order chi connectivity index (χ1) is 8.61. The van der Waals surface area contributed by atoms with Gasteiger partial charge >= 0.3 is 6.01 Å². The zero-order chi connectivity index (χ0) is 13.1. The van der Waals surface area contributed by atoms with Gasteiger partial charge in [-0.05, 0) is 37.5 Å². The Morgan fingerprint density at radius 1 is 1.06 bits per heavy atom. The quantitative estimate of drug-likeness (QED) is 0.901. The van der Waals surface area contributed by atoms with E-state index in [2.05, 4.69) is 16.0 Å². The predicted molar refractivity (Wildman–Crippen MR) is 68.7 cm³/mol. The zero-order valence-electron chi connectivity index (χ0n) is 10.8. The van der Waals surface area contributed by atoms with Gasteiger partial charge in [-0.2, -0.15) is 0 Å². The Bertz CT molecular complexity index is 550. The maximum atomic E-state index is 8.92. The minimum absolute atomic E-state index is 0.0667. The predicted octanol–water partition coefficient (Wildman–Crippen LogP) is 2.69. The van der Waals surface area contributed by atoms with Crippen molar-refractivity contribution >= 4 is 0 Å². The van der Waals surface area contributed by atoms with Crippen molar-refractivity contribution in [1.29, 1.82) is 0 Å². The number of aryl methyl sites for hydroxylation is 2. The summed E-state index contributed by atoms with van der Waals surface area (Å²) >= 11 is 0. The minimum atomic E-state index is -0.0667. The summed E-state index contributed by atoms with van der Waals surface area (Å²) in [5, 5.41) is 8.92. The third kappa shape index (κ3) is 2.49. The first-order valence-corrected chi connectivity index (χ1v) is 5.78. The van der Waals surface area contributed by atoms with E-state index in [-0.39, 0.29) is 6.61 Å². The molecule has 0 radical (unpaired) electrons. The van der Waals surface area contributed by atoms with E-state index < -0.39 is 0 Å². The van der Waals surface area contributed by atoms with Gasteiger partial charge in [-0.3, -0.25) is 0 Å². The summed E-state index contributed by atoms with van der Waals surface area (Å²) in [6.07, 6.45) is 3.12. The molecule has 1 aromatic carbocycles. The van der Waals surface area contributed by atoms with Crippen LogP contribution in [-0.2, 0) is 6.61 Å². The molecular weight excluding hydrogens is 228 g/mol. The molecule has 18 heavy (non-hydrogen) atoms. The zero-order valence-corrected chi connectivity index (χ0v) is 10.8. The first kappa shape index (κ1) is 12.5. The molecule has 4 heteroatoms. The van der Waals surface area contributed by atoms with E-state index in [1.807, 2.05) is 26.8 Å². The lowest BCUT2D eigenvalue weighted by atomic mass is 10.1. The molecule has 1 heterocycles. The number of hydrogen-bond donors (Lipinski definition) is 1. The fraction of sp³-hybridized carbons (Fsp3) is 0.286. The molecular formula is C14H16N2O2. The maximum absolute atomic E-state index is 8.92. The van der Waals surface area contributed by atoms with E-state index in [4.69, 9.17) is 9.84 Å². The van der Waals surface area contributed by atoms with Crippen molar-refractivity contribution in [2.24, 2.45) is 0 Å². The average molecular weight is 244 g/mol. The Hall–Kier alpha value is -1.94. The number of aromatic nitrogens is 2. The number of rotatable bonds is 3. The topological polar surface area (TPSA) is 55.2 Å². The van der Waals surface area contributed by atoms with E-state index in [1.165, 1.54) is 5.56 Å². The Morgan fingerprint density at radius 2 is 1.67 bits per heavy atom. The van der Waals surface area contributed by atoms with Crippen molar-refractivity contribution in [2.45, 2.75) is 27.4 Å². The van der Waals surface area contributed by atoms with E-state index in [0.717, 1.165) is 16.9 Å². The van der Waals surface area contributed by atoms with Crippen LogP contribution in [0, 0.1) is 20.8 Å². The average Bonchev–Trinajstić information content (AvgIpc) is 2.40. The third-order valence-electron chi connectivity index (χ3n) is 2.93. The number of aliphatic hydroxyl groups excluding tert-OH is 1. The highest BCUT2D eigenvalue weighted by atomic mass is 16.5. The normalized spacial score (nSPS) is 10.4. The van der Waals surface area contributed by atoms with E-state index in [9.17, 15) is 0 Å². The number of hydrogen-bond acceptors (Lipinski definition) is 4. The summed E-state index contributed by atoms with van der Waals surface area (Å²) in [5.41, 5.74) is 3.97. The SMILES string of the molecule is Cc1ccc(C)c(Oc2ncc(CO)cn2)c1C. The fourth-order valence-electron chi connectivity index (χ4n) is 1.65. The maximum Gasteiger partial charge on any atom is 0.321 e. The standard InChI is InChI=1S/C14H16N2O2/c1-9-4-5-10(2)13(11(9)3)18-14-15-6-12(8-17)7-16-14/h4-7,17H,8H2,1-3H3. The number of benzene rings is 1. The third-order valence-corrected chi connectivity index (χ3v) is 2.93. The summed E-state index contributed by atoms with van der Waals surface area (Å²) in [6.45, 7) is 5.98. The van der Waals surface area contributed by atoms with Crippen LogP contribution < -0.4 is 4.74 Å². The van der Waals surface area contributed by atoms with Crippen molar-refractivity contribution in [3.05, 3.63) is 46.8 Å². The molecule has 2 rings (SSSR count). The molecule has 2 aromatic rings. The van der Waals surface area contributed by atoms with Gasteiger partial charge in [0.15, 0.2) is 0 Å². The lowest BCUT2D eigenvalue weighted by Crippen LogP contribution is -1.98. The van der Waals surface area contributed by atoms with Gasteiger partial charge in [-0.25, -0.2) is 9.97 Å². The number of nitrogens with zero attached hydrogens (tertiary/aromatic N) is 2. The lowest BCUT2D eigenvalue weighted by Gasteiger charge is -2.12. The van der Waals surface area contributed by atoms with Crippen molar-refractivity contribution in [3.8, 4) is 11.8 Å². The number of aliphatic hydroxyl groups is 1. The molecule has 94 valence electrons. The molecule has 0 unspecified atom stereocenters. The monoisotopic (exact) mass is 244 g/mol. The van der Waals surface area contributed by atoms with Crippen LogP contribution in [0.5, 0.6) is 11.8 Å². The summed E-state index contributed by atoms with van der Waals surface area (Å²) in [4.78, 5) is 8.13. The van der Waals surface area contributed by atoms with Gasteiger partial charge in [-0.15, -0.1) is 0 Å². The summed E-state index contributed by atoms with van der Waals surface area (Å²) in [5.74, 6) is 0.798. The highest BCUT2D eigenvalue weighted by molar-refractivity contribution is 5.45. The van der Waals surface area contributed by atoms with Crippen LogP contribution >= 0.6 is 0 Å². The molecule has 0 saturated heterocycles. The minimum Gasteiger partial charge on any atom is -0.424 e. The Morgan fingerprint density at radius 3 is 2.28 bits per heavy atom. The second kappa shape index (κ2) is 5.14. The Kier molecular flexibility index (Phi) is 3.58. The van der Waals surface area contributed by atoms with Crippen LogP contribution in [-0.4, -0.2) is 15.1 Å². The van der Waals surface area contributed by atoms with Crippen molar-refractivity contribution in [2.75, 3.05) is 0 Å². The van der Waals surface area contributed by atoms with Gasteiger partial charge in [0.1, 0.15) is 5.75 Å². The molecule has 1 N–H and O–H groups in total. The Labute approximate surface area is 106 Å². The summed E-state index contributed by atoms with van der Waals surface area (Å²) < 4.78 is 5.72. The molecule has 0 aliphatic heterocycles. The molecule has 0 bridgehead atoms. The highest BCUT2D eigenvalue weighted by Gasteiger charge is 2.09. The van der Waals surface area contributed by atoms with Crippen LogP contribution in [0.15, 0.2) is 24.5 Å². The lowest BCUT2D eigenvalue weighted by molar-refractivity contribution is 0.280. The molecule has 0 spiro atoms. The molecule has 4 nitrogen and oxygen atoms in total. The van der Waals surface area contributed by atoms with Crippen LogP contribution in [0.3, 0.4) is 0 Å². The highest BCUT2D eigenvalue weighted by Crippen LogP contribution is 2.28. The van der Waals surface area contributed by atoms with Gasteiger partial charge in [0.25, 0.3) is 0 Å². The fourth-order valence-corrected chi connectivity index (χ4v) is 1.65. The Balaban J connectivity index is 2.30.